The van der Waals surface area contributed by atoms with E-state index in [9.17, 15) is 9.59 Å². The molecular weight excluding hydrogens is 306 g/mol. The van der Waals surface area contributed by atoms with Crippen LogP contribution in [-0.2, 0) is 17.8 Å². The van der Waals surface area contributed by atoms with E-state index in [4.69, 9.17) is 0 Å². The van der Waals surface area contributed by atoms with Gasteiger partial charge in [0.05, 0.1) is 0 Å². The second-order valence-electron chi connectivity index (χ2n) is 6.00. The molecule has 0 radical (unpaired) electrons. The van der Waals surface area contributed by atoms with Gasteiger partial charge in [0.25, 0.3) is 5.91 Å². The van der Waals surface area contributed by atoms with Gasteiger partial charge in [-0.1, -0.05) is 0 Å². The predicted octanol–water partition coefficient (Wildman–Crippen LogP) is -0.0760. The van der Waals surface area contributed by atoms with Crippen LogP contribution in [0.15, 0.2) is 0 Å². The first-order valence-electron chi connectivity index (χ1n) is 7.59. The van der Waals surface area contributed by atoms with Crippen molar-refractivity contribution in [3.8, 4) is 0 Å². The van der Waals surface area contributed by atoms with Crippen molar-refractivity contribution in [3.05, 3.63) is 17.0 Å². The van der Waals surface area contributed by atoms with Gasteiger partial charge in [0.1, 0.15) is 6.54 Å². The van der Waals surface area contributed by atoms with Crippen molar-refractivity contribution in [2.75, 3.05) is 26.2 Å². The summed E-state index contributed by atoms with van der Waals surface area (Å²) in [6.07, 6.45) is 3.08. The highest BCUT2D eigenvalue weighted by atomic mass is 35.5. The Kier molecular flexibility index (Phi) is 4.10. The standard InChI is InChI=1S/C14H19N5O2.ClH/c20-12-8-18(5-6-19(12)9-1-2-9)14(21)13-10-7-15-4-3-11(10)16-17-13;/h9,15H,1-8H2,(H,16,17);1H. The Morgan fingerprint density at radius 3 is 2.82 bits per heavy atom. The van der Waals surface area contributed by atoms with Crippen LogP contribution in [0.4, 0.5) is 0 Å². The second kappa shape index (κ2) is 5.89. The molecule has 1 aromatic heterocycles. The lowest BCUT2D eigenvalue weighted by Gasteiger charge is -2.34. The van der Waals surface area contributed by atoms with Crippen molar-refractivity contribution in [3.63, 3.8) is 0 Å². The lowest BCUT2D eigenvalue weighted by Crippen LogP contribution is -2.53. The Bertz CT molecular complexity index is 598. The summed E-state index contributed by atoms with van der Waals surface area (Å²) in [4.78, 5) is 28.3. The first kappa shape index (κ1) is 15.3. The number of nitrogens with one attached hydrogen (secondary N) is 2. The molecule has 22 heavy (non-hydrogen) atoms. The van der Waals surface area contributed by atoms with Gasteiger partial charge in [-0.25, -0.2) is 0 Å². The van der Waals surface area contributed by atoms with Crippen LogP contribution in [0, 0.1) is 0 Å². The molecular formula is C14H20ClN5O2. The summed E-state index contributed by atoms with van der Waals surface area (Å²) in [5, 5.41) is 10.4. The van der Waals surface area contributed by atoms with E-state index in [-0.39, 0.29) is 30.8 Å². The number of fused-ring (bicyclic) bond motifs is 1. The third kappa shape index (κ3) is 2.59. The summed E-state index contributed by atoms with van der Waals surface area (Å²) < 4.78 is 0. The van der Waals surface area contributed by atoms with E-state index >= 15 is 0 Å². The minimum absolute atomic E-state index is 0. The van der Waals surface area contributed by atoms with Crippen LogP contribution >= 0.6 is 12.4 Å². The van der Waals surface area contributed by atoms with Crippen LogP contribution < -0.4 is 5.32 Å². The summed E-state index contributed by atoms with van der Waals surface area (Å²) in [5.41, 5.74) is 2.48. The van der Waals surface area contributed by atoms with Gasteiger partial charge >= 0.3 is 0 Å². The van der Waals surface area contributed by atoms with Gasteiger partial charge < -0.3 is 15.1 Å². The van der Waals surface area contributed by atoms with Gasteiger partial charge in [-0.15, -0.1) is 12.4 Å². The molecule has 7 nitrogen and oxygen atoms in total. The van der Waals surface area contributed by atoms with Gasteiger partial charge in [0.2, 0.25) is 5.91 Å². The van der Waals surface area contributed by atoms with Crippen molar-refractivity contribution in [2.24, 2.45) is 0 Å². The van der Waals surface area contributed by atoms with Crippen molar-refractivity contribution in [1.29, 1.82) is 0 Å². The maximum atomic E-state index is 12.6. The Balaban J connectivity index is 0.00000144. The van der Waals surface area contributed by atoms with E-state index in [2.05, 4.69) is 15.5 Å². The molecule has 0 bridgehead atoms. The maximum Gasteiger partial charge on any atom is 0.275 e. The third-order valence-electron chi connectivity index (χ3n) is 4.54. The Morgan fingerprint density at radius 1 is 1.27 bits per heavy atom. The number of amides is 2. The zero-order valence-corrected chi connectivity index (χ0v) is 13.1. The fraction of sp³-hybridized carbons (Fsp3) is 0.643. The molecule has 3 aliphatic rings. The zero-order chi connectivity index (χ0) is 14.4. The molecule has 0 aromatic carbocycles. The van der Waals surface area contributed by atoms with E-state index in [0.717, 1.165) is 37.1 Å². The fourth-order valence-electron chi connectivity index (χ4n) is 3.18. The van der Waals surface area contributed by atoms with E-state index in [0.29, 0.717) is 31.4 Å². The lowest BCUT2D eigenvalue weighted by molar-refractivity contribution is -0.135. The highest BCUT2D eigenvalue weighted by Gasteiger charge is 2.37. The smallest absolute Gasteiger partial charge is 0.275 e. The summed E-state index contributed by atoms with van der Waals surface area (Å²) >= 11 is 0. The van der Waals surface area contributed by atoms with Gasteiger partial charge in [-0.3, -0.25) is 14.7 Å². The first-order valence-corrected chi connectivity index (χ1v) is 7.59. The molecule has 3 heterocycles. The number of aromatic amines is 1. The van der Waals surface area contributed by atoms with Crippen molar-refractivity contribution < 1.29 is 9.59 Å². The summed E-state index contributed by atoms with van der Waals surface area (Å²) in [7, 11) is 0. The van der Waals surface area contributed by atoms with E-state index in [1.807, 2.05) is 4.90 Å². The largest absolute Gasteiger partial charge is 0.336 e. The number of H-pyrrole nitrogens is 1. The molecule has 2 fully saturated rings. The molecule has 0 atom stereocenters. The molecule has 4 rings (SSSR count). The van der Waals surface area contributed by atoms with Crippen molar-refractivity contribution >= 4 is 24.2 Å². The number of carbonyl (C=O) groups excluding carboxylic acids is 2. The number of rotatable bonds is 2. The van der Waals surface area contributed by atoms with Crippen LogP contribution in [0.25, 0.3) is 0 Å². The van der Waals surface area contributed by atoms with Crippen LogP contribution in [0.1, 0.15) is 34.6 Å². The van der Waals surface area contributed by atoms with Gasteiger partial charge in [0, 0.05) is 49.9 Å². The molecule has 8 heteroatoms. The van der Waals surface area contributed by atoms with E-state index in [1.54, 1.807) is 4.90 Å². The summed E-state index contributed by atoms with van der Waals surface area (Å²) in [5.74, 6) is -0.0559. The molecule has 2 aliphatic heterocycles. The summed E-state index contributed by atoms with van der Waals surface area (Å²) in [6, 6.07) is 0.428. The van der Waals surface area contributed by atoms with Crippen LogP contribution in [-0.4, -0.2) is 64.0 Å². The number of hydrogen-bond acceptors (Lipinski definition) is 4. The lowest BCUT2D eigenvalue weighted by atomic mass is 10.1. The molecule has 0 unspecified atom stereocenters. The highest BCUT2D eigenvalue weighted by Crippen LogP contribution is 2.28. The minimum Gasteiger partial charge on any atom is -0.336 e. The molecule has 1 saturated carbocycles. The monoisotopic (exact) mass is 325 g/mol. The van der Waals surface area contributed by atoms with Gasteiger partial charge in [0.15, 0.2) is 5.69 Å². The zero-order valence-electron chi connectivity index (χ0n) is 12.3. The fourth-order valence-corrected chi connectivity index (χ4v) is 3.18. The minimum atomic E-state index is -0.125. The van der Waals surface area contributed by atoms with Crippen LogP contribution in [0.5, 0.6) is 0 Å². The maximum absolute atomic E-state index is 12.6. The Hall–Kier alpha value is -1.60. The molecule has 1 saturated heterocycles. The molecule has 2 N–H and O–H groups in total. The average molecular weight is 326 g/mol. The SMILES string of the molecule is Cl.O=C(c1n[nH]c2c1CNCC2)N1CCN(C2CC2)C(=O)C1. The average Bonchev–Trinajstić information content (AvgIpc) is 3.25. The normalized spacial score (nSPS) is 21.4. The number of piperazine rings is 1. The predicted molar refractivity (Wildman–Crippen MR) is 81.9 cm³/mol. The number of carbonyl (C=O) groups is 2. The van der Waals surface area contributed by atoms with Crippen molar-refractivity contribution in [2.45, 2.75) is 31.8 Å². The number of aromatic nitrogens is 2. The highest BCUT2D eigenvalue weighted by molar-refractivity contribution is 5.97. The van der Waals surface area contributed by atoms with Crippen LogP contribution in [0.3, 0.4) is 0 Å². The van der Waals surface area contributed by atoms with E-state index < -0.39 is 0 Å². The number of halogens is 1. The van der Waals surface area contributed by atoms with Crippen LogP contribution in [0.2, 0.25) is 0 Å². The molecule has 1 aromatic rings. The quantitative estimate of drug-likeness (QED) is 0.797. The van der Waals surface area contributed by atoms with Gasteiger partial charge in [-0.2, -0.15) is 5.10 Å². The Labute approximate surface area is 134 Å². The first-order chi connectivity index (χ1) is 10.2. The van der Waals surface area contributed by atoms with Gasteiger partial charge in [-0.05, 0) is 12.8 Å². The number of hydrogen-bond donors (Lipinski definition) is 2. The third-order valence-corrected chi connectivity index (χ3v) is 4.54. The second-order valence-corrected chi connectivity index (χ2v) is 6.00. The number of nitrogens with zero attached hydrogens (tertiary/aromatic N) is 3. The molecule has 0 spiro atoms. The van der Waals surface area contributed by atoms with E-state index in [1.165, 1.54) is 0 Å². The molecule has 120 valence electrons. The molecule has 1 aliphatic carbocycles. The Morgan fingerprint density at radius 2 is 2.09 bits per heavy atom. The molecule has 2 amide bonds. The van der Waals surface area contributed by atoms with Crippen molar-refractivity contribution in [1.82, 2.24) is 25.3 Å². The summed E-state index contributed by atoms with van der Waals surface area (Å²) in [6.45, 7) is 3.02. The topological polar surface area (TPSA) is 81.3 Å².